The molecule has 2 aliphatic carbocycles. The lowest BCUT2D eigenvalue weighted by atomic mass is 9.76. The fourth-order valence-electron chi connectivity index (χ4n) is 3.12. The Balaban J connectivity index is 1.96. The second kappa shape index (κ2) is 4.97. The first-order valence-corrected chi connectivity index (χ1v) is 7.18. The van der Waals surface area contributed by atoms with Crippen molar-refractivity contribution in [2.45, 2.75) is 37.6 Å². The Labute approximate surface area is 114 Å². The van der Waals surface area contributed by atoms with Crippen LogP contribution in [0, 0.1) is 5.92 Å². The van der Waals surface area contributed by atoms with Crippen molar-refractivity contribution in [1.29, 1.82) is 0 Å². The van der Waals surface area contributed by atoms with E-state index < -0.39 is 5.54 Å². The van der Waals surface area contributed by atoms with Crippen molar-refractivity contribution in [3.63, 3.8) is 0 Å². The topological polar surface area (TPSA) is 38.3 Å². The van der Waals surface area contributed by atoms with Crippen molar-refractivity contribution in [1.82, 2.24) is 5.32 Å². The lowest BCUT2D eigenvalue weighted by Gasteiger charge is -2.37. The van der Waals surface area contributed by atoms with Crippen LogP contribution in [0.3, 0.4) is 0 Å². The zero-order valence-corrected chi connectivity index (χ0v) is 11.4. The number of benzene rings is 1. The SMILES string of the molecule is COC(=O)C1(NCC2CC2)CCCc2ccccc21. The molecule has 3 heteroatoms. The summed E-state index contributed by atoms with van der Waals surface area (Å²) in [5.41, 5.74) is 1.78. The molecule has 0 heterocycles. The molecule has 3 nitrogen and oxygen atoms in total. The van der Waals surface area contributed by atoms with Gasteiger partial charge in [0.15, 0.2) is 0 Å². The monoisotopic (exact) mass is 259 g/mol. The summed E-state index contributed by atoms with van der Waals surface area (Å²) < 4.78 is 5.10. The number of rotatable bonds is 4. The minimum atomic E-state index is -0.619. The summed E-state index contributed by atoms with van der Waals surface area (Å²) in [7, 11) is 1.49. The summed E-state index contributed by atoms with van der Waals surface area (Å²) in [5.74, 6) is 0.607. The number of methoxy groups -OCH3 is 1. The number of carbonyl (C=O) groups is 1. The first-order chi connectivity index (χ1) is 9.26. The molecule has 102 valence electrons. The van der Waals surface area contributed by atoms with Crippen LogP contribution in [0.1, 0.15) is 36.8 Å². The third-order valence-electron chi connectivity index (χ3n) is 4.40. The number of hydrogen-bond acceptors (Lipinski definition) is 3. The number of hydrogen-bond donors (Lipinski definition) is 1. The van der Waals surface area contributed by atoms with Crippen LogP contribution >= 0.6 is 0 Å². The van der Waals surface area contributed by atoms with Gasteiger partial charge >= 0.3 is 5.97 Å². The number of fused-ring (bicyclic) bond motifs is 1. The molecule has 1 atom stereocenters. The van der Waals surface area contributed by atoms with E-state index in [1.807, 2.05) is 12.1 Å². The van der Waals surface area contributed by atoms with Gasteiger partial charge < -0.3 is 4.74 Å². The maximum atomic E-state index is 12.4. The van der Waals surface area contributed by atoms with E-state index >= 15 is 0 Å². The van der Waals surface area contributed by atoms with E-state index in [0.717, 1.165) is 37.3 Å². The molecule has 1 saturated carbocycles. The van der Waals surface area contributed by atoms with E-state index in [9.17, 15) is 4.79 Å². The fraction of sp³-hybridized carbons (Fsp3) is 0.562. The van der Waals surface area contributed by atoms with Crippen molar-refractivity contribution in [2.24, 2.45) is 5.92 Å². The summed E-state index contributed by atoms with van der Waals surface area (Å²) in [6, 6.07) is 8.27. The smallest absolute Gasteiger partial charge is 0.330 e. The van der Waals surface area contributed by atoms with Crippen LogP contribution in [0.5, 0.6) is 0 Å². The lowest BCUT2D eigenvalue weighted by molar-refractivity contribution is -0.150. The Morgan fingerprint density at radius 2 is 2.21 bits per heavy atom. The van der Waals surface area contributed by atoms with Gasteiger partial charge in [0.1, 0.15) is 5.54 Å². The Morgan fingerprint density at radius 1 is 1.42 bits per heavy atom. The fourth-order valence-corrected chi connectivity index (χ4v) is 3.12. The van der Waals surface area contributed by atoms with Crippen LogP contribution in [0.15, 0.2) is 24.3 Å². The summed E-state index contributed by atoms with van der Waals surface area (Å²) >= 11 is 0. The highest BCUT2D eigenvalue weighted by Crippen LogP contribution is 2.38. The second-order valence-electron chi connectivity index (χ2n) is 5.73. The molecule has 1 unspecified atom stereocenters. The molecular formula is C16H21NO2. The zero-order valence-electron chi connectivity index (χ0n) is 11.4. The number of nitrogens with one attached hydrogen (secondary N) is 1. The highest BCUT2D eigenvalue weighted by Gasteiger charge is 2.44. The number of esters is 1. The Morgan fingerprint density at radius 3 is 2.95 bits per heavy atom. The molecule has 1 aromatic rings. The van der Waals surface area contributed by atoms with Crippen molar-refractivity contribution >= 4 is 5.97 Å². The predicted molar refractivity (Wildman–Crippen MR) is 73.8 cm³/mol. The van der Waals surface area contributed by atoms with Crippen LogP contribution in [0.2, 0.25) is 0 Å². The van der Waals surface area contributed by atoms with Gasteiger partial charge in [-0.25, -0.2) is 4.79 Å². The zero-order chi connectivity index (χ0) is 13.3. The summed E-state index contributed by atoms with van der Waals surface area (Å²) in [6.45, 7) is 0.920. The number of ether oxygens (including phenoxy) is 1. The van der Waals surface area contributed by atoms with Crippen LogP contribution < -0.4 is 5.32 Å². The van der Waals surface area contributed by atoms with E-state index in [2.05, 4.69) is 17.4 Å². The predicted octanol–water partition coefficient (Wildman–Crippen LogP) is 2.39. The van der Waals surface area contributed by atoms with Crippen molar-refractivity contribution in [3.05, 3.63) is 35.4 Å². The van der Waals surface area contributed by atoms with Crippen molar-refractivity contribution in [3.8, 4) is 0 Å². The molecule has 0 bridgehead atoms. The molecule has 0 amide bonds. The lowest BCUT2D eigenvalue weighted by Crippen LogP contribution is -2.52. The van der Waals surface area contributed by atoms with Gasteiger partial charge in [0, 0.05) is 0 Å². The van der Waals surface area contributed by atoms with Crippen LogP contribution in [0.4, 0.5) is 0 Å². The van der Waals surface area contributed by atoms with E-state index in [1.54, 1.807) is 0 Å². The third-order valence-corrected chi connectivity index (χ3v) is 4.40. The largest absolute Gasteiger partial charge is 0.467 e. The van der Waals surface area contributed by atoms with Gasteiger partial charge in [-0.2, -0.15) is 0 Å². The van der Waals surface area contributed by atoms with Gasteiger partial charge in [0.05, 0.1) is 7.11 Å². The summed E-state index contributed by atoms with van der Waals surface area (Å²) in [6.07, 6.45) is 5.49. The Hall–Kier alpha value is -1.35. The maximum absolute atomic E-state index is 12.4. The first kappa shape index (κ1) is 12.7. The molecule has 0 saturated heterocycles. The molecule has 1 N–H and O–H groups in total. The highest BCUT2D eigenvalue weighted by atomic mass is 16.5. The molecule has 0 radical (unpaired) electrons. The standard InChI is InChI=1S/C16H21NO2/c1-19-15(18)16(17-11-12-8-9-12)10-4-6-13-5-2-3-7-14(13)16/h2-3,5,7,12,17H,4,6,8-11H2,1H3. The normalized spacial score (nSPS) is 25.7. The van der Waals surface area contributed by atoms with Crippen LogP contribution in [-0.4, -0.2) is 19.6 Å². The van der Waals surface area contributed by atoms with Gasteiger partial charge in [0.2, 0.25) is 0 Å². The van der Waals surface area contributed by atoms with Gasteiger partial charge in [-0.15, -0.1) is 0 Å². The summed E-state index contributed by atoms with van der Waals surface area (Å²) in [5, 5.41) is 3.53. The van der Waals surface area contributed by atoms with E-state index in [4.69, 9.17) is 4.74 Å². The number of carbonyl (C=O) groups excluding carboxylic acids is 1. The van der Waals surface area contributed by atoms with Gasteiger partial charge in [-0.05, 0) is 55.7 Å². The molecule has 1 fully saturated rings. The minimum Gasteiger partial charge on any atom is -0.467 e. The molecule has 3 rings (SSSR count). The van der Waals surface area contributed by atoms with E-state index in [1.165, 1.54) is 25.5 Å². The molecule has 0 spiro atoms. The first-order valence-electron chi connectivity index (χ1n) is 7.18. The third kappa shape index (κ3) is 2.27. The average molecular weight is 259 g/mol. The van der Waals surface area contributed by atoms with Crippen LogP contribution in [0.25, 0.3) is 0 Å². The molecule has 0 aliphatic heterocycles. The second-order valence-corrected chi connectivity index (χ2v) is 5.73. The van der Waals surface area contributed by atoms with Crippen LogP contribution in [-0.2, 0) is 21.5 Å². The summed E-state index contributed by atoms with van der Waals surface area (Å²) in [4.78, 5) is 12.4. The highest BCUT2D eigenvalue weighted by molar-refractivity contribution is 5.83. The van der Waals surface area contributed by atoms with E-state index in [-0.39, 0.29) is 5.97 Å². The van der Waals surface area contributed by atoms with Gasteiger partial charge in [-0.3, -0.25) is 5.32 Å². The minimum absolute atomic E-state index is 0.139. The average Bonchev–Trinajstić information content (AvgIpc) is 3.28. The Kier molecular flexibility index (Phi) is 3.31. The maximum Gasteiger partial charge on any atom is 0.330 e. The van der Waals surface area contributed by atoms with Crippen molar-refractivity contribution in [2.75, 3.05) is 13.7 Å². The van der Waals surface area contributed by atoms with Gasteiger partial charge in [-0.1, -0.05) is 24.3 Å². The molecular weight excluding hydrogens is 238 g/mol. The number of aryl methyl sites for hydroxylation is 1. The Bertz CT molecular complexity index is 481. The molecule has 2 aliphatic rings. The molecule has 19 heavy (non-hydrogen) atoms. The molecule has 1 aromatic carbocycles. The van der Waals surface area contributed by atoms with E-state index in [0.29, 0.717) is 0 Å². The van der Waals surface area contributed by atoms with Gasteiger partial charge in [0.25, 0.3) is 0 Å². The van der Waals surface area contributed by atoms with Crippen molar-refractivity contribution < 1.29 is 9.53 Å². The molecule has 0 aromatic heterocycles. The quantitative estimate of drug-likeness (QED) is 0.844.